The molecule has 130 valence electrons. The average molecular weight is 388 g/mol. The summed E-state index contributed by atoms with van der Waals surface area (Å²) in [6, 6.07) is 5.88. The molecule has 0 radical (unpaired) electrons. The Morgan fingerprint density at radius 1 is 1.27 bits per heavy atom. The van der Waals surface area contributed by atoms with Crippen molar-refractivity contribution >= 4 is 45.0 Å². The Labute approximate surface area is 156 Å². The van der Waals surface area contributed by atoms with E-state index in [0.717, 1.165) is 0 Å². The van der Waals surface area contributed by atoms with Crippen LogP contribution in [-0.2, 0) is 0 Å². The number of rotatable bonds is 3. The monoisotopic (exact) mass is 387 g/mol. The minimum Gasteiger partial charge on any atom is -0.298 e. The number of nitrogens with one attached hydrogen (secondary N) is 1. The van der Waals surface area contributed by atoms with Gasteiger partial charge in [0.05, 0.1) is 27.4 Å². The summed E-state index contributed by atoms with van der Waals surface area (Å²) < 4.78 is 14.7. The first-order valence-electron chi connectivity index (χ1n) is 7.55. The van der Waals surface area contributed by atoms with Crippen LogP contribution in [0.5, 0.6) is 0 Å². The maximum absolute atomic E-state index is 13.2. The summed E-state index contributed by atoms with van der Waals surface area (Å²) in [5, 5.41) is 10.2. The number of aryl methyl sites for hydroxylation is 1. The highest BCUT2D eigenvalue weighted by Gasteiger charge is 2.20. The van der Waals surface area contributed by atoms with E-state index in [9.17, 15) is 9.18 Å². The van der Waals surface area contributed by atoms with Crippen LogP contribution in [0.1, 0.15) is 16.1 Å². The van der Waals surface area contributed by atoms with Crippen molar-refractivity contribution in [3.8, 4) is 5.69 Å². The molecular formula is C17H11ClFN5OS. The largest absolute Gasteiger partial charge is 0.298 e. The number of carbonyl (C=O) groups excluding carboxylic acids is 1. The molecule has 0 spiro atoms. The van der Waals surface area contributed by atoms with Crippen LogP contribution in [0.25, 0.3) is 16.7 Å². The molecule has 0 aliphatic rings. The second-order valence-electron chi connectivity index (χ2n) is 5.45. The molecule has 4 rings (SSSR count). The molecular weight excluding hydrogens is 377 g/mol. The number of hydrogen-bond donors (Lipinski definition) is 1. The van der Waals surface area contributed by atoms with Crippen molar-refractivity contribution < 1.29 is 9.18 Å². The molecule has 1 N–H and O–H groups in total. The SMILES string of the molecule is Cc1nn(-c2ccc(F)cc2)c2ncc(C(=O)Nc3nccs3)c(Cl)c12. The van der Waals surface area contributed by atoms with E-state index in [1.54, 1.807) is 35.3 Å². The smallest absolute Gasteiger partial charge is 0.260 e. The van der Waals surface area contributed by atoms with Crippen LogP contribution in [0, 0.1) is 12.7 Å². The first-order valence-corrected chi connectivity index (χ1v) is 8.81. The molecule has 26 heavy (non-hydrogen) atoms. The number of thiazole rings is 1. The summed E-state index contributed by atoms with van der Waals surface area (Å²) in [6.07, 6.45) is 2.99. The number of benzene rings is 1. The third-order valence-corrected chi connectivity index (χ3v) is 4.86. The molecule has 9 heteroatoms. The maximum Gasteiger partial charge on any atom is 0.260 e. The van der Waals surface area contributed by atoms with Gasteiger partial charge in [0.2, 0.25) is 0 Å². The number of halogens is 2. The van der Waals surface area contributed by atoms with Gasteiger partial charge in [-0.15, -0.1) is 11.3 Å². The molecule has 1 aromatic carbocycles. The number of nitrogens with zero attached hydrogens (tertiary/aromatic N) is 4. The fourth-order valence-corrected chi connectivity index (χ4v) is 3.46. The summed E-state index contributed by atoms with van der Waals surface area (Å²) >= 11 is 7.78. The number of carbonyl (C=O) groups is 1. The lowest BCUT2D eigenvalue weighted by Gasteiger charge is -2.06. The zero-order valence-electron chi connectivity index (χ0n) is 13.4. The number of anilines is 1. The highest BCUT2D eigenvalue weighted by molar-refractivity contribution is 7.13. The van der Waals surface area contributed by atoms with Crippen molar-refractivity contribution in [1.82, 2.24) is 19.7 Å². The lowest BCUT2D eigenvalue weighted by Crippen LogP contribution is -2.13. The standard InChI is InChI=1S/C17H11ClFN5OS/c1-9-13-14(18)12(16(25)22-17-20-6-7-26-17)8-21-15(13)24(23-9)11-4-2-10(19)3-5-11/h2-8H,1H3,(H,20,22,25). The maximum atomic E-state index is 13.2. The van der Waals surface area contributed by atoms with E-state index in [2.05, 4.69) is 20.4 Å². The van der Waals surface area contributed by atoms with Crippen LogP contribution < -0.4 is 5.32 Å². The van der Waals surface area contributed by atoms with Crippen molar-refractivity contribution in [3.05, 3.63) is 64.1 Å². The van der Waals surface area contributed by atoms with Crippen molar-refractivity contribution in [2.45, 2.75) is 6.92 Å². The van der Waals surface area contributed by atoms with Crippen LogP contribution in [0.15, 0.2) is 42.0 Å². The van der Waals surface area contributed by atoms with Gasteiger partial charge in [0.1, 0.15) is 5.82 Å². The minimum absolute atomic E-state index is 0.233. The van der Waals surface area contributed by atoms with Crippen LogP contribution in [0.2, 0.25) is 5.02 Å². The predicted octanol–water partition coefficient (Wildman–Crippen LogP) is 4.23. The molecule has 0 aliphatic carbocycles. The molecule has 0 fully saturated rings. The van der Waals surface area contributed by atoms with Crippen LogP contribution in [-0.4, -0.2) is 25.7 Å². The van der Waals surface area contributed by atoms with E-state index in [4.69, 9.17) is 11.6 Å². The van der Waals surface area contributed by atoms with Gasteiger partial charge in [-0.1, -0.05) is 11.6 Å². The lowest BCUT2D eigenvalue weighted by atomic mass is 10.2. The summed E-state index contributed by atoms with van der Waals surface area (Å²) in [4.78, 5) is 20.8. The molecule has 1 amide bonds. The second-order valence-corrected chi connectivity index (χ2v) is 6.72. The highest BCUT2D eigenvalue weighted by atomic mass is 35.5. The van der Waals surface area contributed by atoms with Crippen molar-refractivity contribution in [3.63, 3.8) is 0 Å². The van der Waals surface area contributed by atoms with Crippen LogP contribution in [0.4, 0.5) is 9.52 Å². The van der Waals surface area contributed by atoms with Crippen molar-refractivity contribution in [2.24, 2.45) is 0 Å². The third kappa shape index (κ3) is 2.83. The summed E-state index contributed by atoms with van der Waals surface area (Å²) in [7, 11) is 0. The van der Waals surface area contributed by atoms with Crippen molar-refractivity contribution in [1.29, 1.82) is 0 Å². The molecule has 0 aliphatic heterocycles. The van der Waals surface area contributed by atoms with Crippen LogP contribution >= 0.6 is 22.9 Å². The van der Waals surface area contributed by atoms with E-state index in [-0.39, 0.29) is 16.4 Å². The molecule has 0 saturated heterocycles. The number of fused-ring (bicyclic) bond motifs is 1. The number of hydrogen-bond acceptors (Lipinski definition) is 5. The van der Waals surface area contributed by atoms with Gasteiger partial charge in [0.15, 0.2) is 10.8 Å². The number of amides is 1. The lowest BCUT2D eigenvalue weighted by molar-refractivity contribution is 0.102. The van der Waals surface area contributed by atoms with Gasteiger partial charge in [-0.2, -0.15) is 5.10 Å². The quantitative estimate of drug-likeness (QED) is 0.571. The molecule has 3 heterocycles. The molecule has 4 aromatic rings. The zero-order chi connectivity index (χ0) is 18.3. The zero-order valence-corrected chi connectivity index (χ0v) is 15.0. The first kappa shape index (κ1) is 16.6. The molecule has 0 bridgehead atoms. The van der Waals surface area contributed by atoms with Gasteiger partial charge in [-0.3, -0.25) is 10.1 Å². The predicted molar refractivity (Wildman–Crippen MR) is 98.6 cm³/mol. The Hall–Kier alpha value is -2.84. The molecule has 0 atom stereocenters. The van der Waals surface area contributed by atoms with E-state index >= 15 is 0 Å². The van der Waals surface area contributed by atoms with Gasteiger partial charge in [0.25, 0.3) is 5.91 Å². The molecule has 6 nitrogen and oxygen atoms in total. The Morgan fingerprint density at radius 3 is 2.73 bits per heavy atom. The van der Waals surface area contributed by atoms with E-state index in [1.165, 1.54) is 29.7 Å². The topological polar surface area (TPSA) is 72.7 Å². The highest BCUT2D eigenvalue weighted by Crippen LogP contribution is 2.30. The van der Waals surface area contributed by atoms with Gasteiger partial charge >= 0.3 is 0 Å². The summed E-state index contributed by atoms with van der Waals surface area (Å²) in [5.74, 6) is -0.734. The summed E-state index contributed by atoms with van der Waals surface area (Å²) in [6.45, 7) is 1.78. The van der Waals surface area contributed by atoms with E-state index < -0.39 is 5.91 Å². The molecule has 0 saturated carbocycles. The molecule has 0 unspecified atom stereocenters. The Kier molecular flexibility index (Phi) is 4.14. The van der Waals surface area contributed by atoms with Gasteiger partial charge in [-0.25, -0.2) is 19.0 Å². The third-order valence-electron chi connectivity index (χ3n) is 3.78. The summed E-state index contributed by atoms with van der Waals surface area (Å²) in [5.41, 5.74) is 1.99. The molecule has 3 aromatic heterocycles. The van der Waals surface area contributed by atoms with Gasteiger partial charge in [-0.05, 0) is 31.2 Å². The van der Waals surface area contributed by atoms with E-state index in [0.29, 0.717) is 27.5 Å². The number of aromatic nitrogens is 4. The average Bonchev–Trinajstić information content (AvgIpc) is 3.24. The number of pyridine rings is 1. The van der Waals surface area contributed by atoms with E-state index in [1.807, 2.05) is 0 Å². The minimum atomic E-state index is -0.395. The Bertz CT molecular complexity index is 1110. The van der Waals surface area contributed by atoms with Crippen molar-refractivity contribution in [2.75, 3.05) is 5.32 Å². The fraction of sp³-hybridized carbons (Fsp3) is 0.0588. The Morgan fingerprint density at radius 2 is 2.04 bits per heavy atom. The van der Waals surface area contributed by atoms with Gasteiger partial charge < -0.3 is 0 Å². The second kappa shape index (κ2) is 6.47. The Balaban J connectivity index is 1.80. The normalized spacial score (nSPS) is 11.0. The van der Waals surface area contributed by atoms with Gasteiger partial charge in [0, 0.05) is 17.8 Å². The van der Waals surface area contributed by atoms with Crippen LogP contribution in [0.3, 0.4) is 0 Å². The fourth-order valence-electron chi connectivity index (χ4n) is 2.58. The first-order chi connectivity index (χ1) is 12.5.